The Kier molecular flexibility index (Phi) is 3.59. The van der Waals surface area contributed by atoms with Crippen LogP contribution in [0.3, 0.4) is 0 Å². The number of rotatable bonds is 3. The molecule has 0 saturated carbocycles. The van der Waals surface area contributed by atoms with Crippen molar-refractivity contribution < 1.29 is 4.42 Å². The minimum absolute atomic E-state index is 0.143. The maximum atomic E-state index is 12.0. The number of anilines is 2. The van der Waals surface area contributed by atoms with Gasteiger partial charge in [-0.05, 0) is 24.6 Å². The van der Waals surface area contributed by atoms with Gasteiger partial charge in [-0.2, -0.15) is 4.98 Å². The number of aryl methyl sites for hydroxylation is 1. The number of aromatic nitrogens is 2. The minimum atomic E-state index is -0.418. The first kappa shape index (κ1) is 14.6. The Balaban J connectivity index is 1.67. The van der Waals surface area contributed by atoms with Crippen molar-refractivity contribution in [1.29, 1.82) is 0 Å². The molecular formula is C18H13N3O2S. The molecule has 6 heteroatoms. The number of nitrogens with zero attached hydrogens (tertiary/aromatic N) is 2. The van der Waals surface area contributed by atoms with Gasteiger partial charge in [-0.25, -0.2) is 9.78 Å². The van der Waals surface area contributed by atoms with E-state index in [-0.39, 0.29) is 6.01 Å². The number of benzene rings is 2. The SMILES string of the molecule is Cc1ccccc1-c1csc(Nc2nc3ccccc3c(=O)o2)n1. The molecule has 0 aliphatic carbocycles. The summed E-state index contributed by atoms with van der Waals surface area (Å²) in [5, 5.41) is 6.02. The minimum Gasteiger partial charge on any atom is -0.388 e. The second kappa shape index (κ2) is 5.90. The van der Waals surface area contributed by atoms with E-state index in [0.29, 0.717) is 16.0 Å². The largest absolute Gasteiger partial charge is 0.388 e. The zero-order chi connectivity index (χ0) is 16.5. The summed E-state index contributed by atoms with van der Waals surface area (Å²) in [6.45, 7) is 2.05. The van der Waals surface area contributed by atoms with Gasteiger partial charge < -0.3 is 4.42 Å². The lowest BCUT2D eigenvalue weighted by Crippen LogP contribution is -2.04. The molecule has 1 N–H and O–H groups in total. The van der Waals surface area contributed by atoms with Crippen LogP contribution in [0.25, 0.3) is 22.2 Å². The highest BCUT2D eigenvalue weighted by Gasteiger charge is 2.10. The Morgan fingerprint density at radius 3 is 2.71 bits per heavy atom. The molecular weight excluding hydrogens is 322 g/mol. The average molecular weight is 335 g/mol. The summed E-state index contributed by atoms with van der Waals surface area (Å²) in [6, 6.07) is 15.3. The maximum Gasteiger partial charge on any atom is 0.348 e. The second-order valence-electron chi connectivity index (χ2n) is 5.30. The lowest BCUT2D eigenvalue weighted by molar-refractivity contribution is 0.522. The van der Waals surface area contributed by atoms with Crippen LogP contribution in [0.2, 0.25) is 0 Å². The molecule has 0 fully saturated rings. The second-order valence-corrected chi connectivity index (χ2v) is 6.16. The van der Waals surface area contributed by atoms with Crippen LogP contribution in [-0.2, 0) is 0 Å². The first-order valence-corrected chi connectivity index (χ1v) is 8.27. The summed E-state index contributed by atoms with van der Waals surface area (Å²) in [7, 11) is 0. The summed E-state index contributed by atoms with van der Waals surface area (Å²) in [5.74, 6) is 0. The highest BCUT2D eigenvalue weighted by atomic mass is 32.1. The van der Waals surface area contributed by atoms with E-state index in [1.807, 2.05) is 42.6 Å². The van der Waals surface area contributed by atoms with Gasteiger partial charge >= 0.3 is 11.6 Å². The van der Waals surface area contributed by atoms with Crippen LogP contribution >= 0.6 is 11.3 Å². The van der Waals surface area contributed by atoms with E-state index in [0.717, 1.165) is 16.8 Å². The predicted octanol–water partition coefficient (Wildman–Crippen LogP) is 4.36. The van der Waals surface area contributed by atoms with E-state index < -0.39 is 5.63 Å². The van der Waals surface area contributed by atoms with Gasteiger partial charge in [-0.3, -0.25) is 5.32 Å². The molecule has 24 heavy (non-hydrogen) atoms. The van der Waals surface area contributed by atoms with Crippen molar-refractivity contribution in [1.82, 2.24) is 9.97 Å². The van der Waals surface area contributed by atoms with Crippen molar-refractivity contribution >= 4 is 33.4 Å². The lowest BCUT2D eigenvalue weighted by Gasteiger charge is -2.02. The van der Waals surface area contributed by atoms with Crippen LogP contribution in [0.4, 0.5) is 11.1 Å². The third-order valence-electron chi connectivity index (χ3n) is 3.67. The standard InChI is InChI=1S/C18H13N3O2S/c1-11-6-2-3-7-12(11)15-10-24-18(20-15)21-17-19-14-9-5-4-8-13(14)16(22)23-17/h2-10H,1H3,(H,19,20,21). The molecule has 0 saturated heterocycles. The normalized spacial score (nSPS) is 10.9. The molecule has 0 unspecified atom stereocenters. The van der Waals surface area contributed by atoms with Crippen LogP contribution < -0.4 is 10.9 Å². The number of hydrogen-bond donors (Lipinski definition) is 1. The fraction of sp³-hybridized carbons (Fsp3) is 0.0556. The number of para-hydroxylation sites is 1. The van der Waals surface area contributed by atoms with Crippen molar-refractivity contribution in [2.24, 2.45) is 0 Å². The van der Waals surface area contributed by atoms with Crippen molar-refractivity contribution in [3.63, 3.8) is 0 Å². The zero-order valence-electron chi connectivity index (χ0n) is 12.8. The van der Waals surface area contributed by atoms with Gasteiger partial charge in [0.25, 0.3) is 0 Å². The molecule has 2 aromatic heterocycles. The molecule has 0 bridgehead atoms. The molecule has 0 amide bonds. The Labute approximate surface area is 141 Å². The van der Waals surface area contributed by atoms with Crippen LogP contribution in [0, 0.1) is 6.92 Å². The summed E-state index contributed by atoms with van der Waals surface area (Å²) >= 11 is 1.43. The van der Waals surface area contributed by atoms with Gasteiger partial charge in [-0.1, -0.05) is 36.4 Å². The van der Waals surface area contributed by atoms with E-state index >= 15 is 0 Å². The number of fused-ring (bicyclic) bond motifs is 1. The van der Waals surface area contributed by atoms with Gasteiger partial charge in [0.05, 0.1) is 16.6 Å². The molecule has 5 nitrogen and oxygen atoms in total. The average Bonchev–Trinajstić information content (AvgIpc) is 3.03. The number of thiazole rings is 1. The first-order chi connectivity index (χ1) is 11.7. The van der Waals surface area contributed by atoms with Crippen LogP contribution in [0.1, 0.15) is 5.56 Å². The highest BCUT2D eigenvalue weighted by Crippen LogP contribution is 2.28. The molecule has 0 atom stereocenters. The van der Waals surface area contributed by atoms with Crippen molar-refractivity contribution in [2.45, 2.75) is 6.92 Å². The van der Waals surface area contributed by atoms with Crippen molar-refractivity contribution in [2.75, 3.05) is 5.32 Å². The smallest absolute Gasteiger partial charge is 0.348 e. The van der Waals surface area contributed by atoms with Gasteiger partial charge in [0, 0.05) is 10.9 Å². The monoisotopic (exact) mass is 335 g/mol. The Bertz CT molecular complexity index is 1080. The van der Waals surface area contributed by atoms with E-state index in [4.69, 9.17) is 4.42 Å². The third-order valence-corrected chi connectivity index (χ3v) is 4.43. The lowest BCUT2D eigenvalue weighted by atomic mass is 10.1. The van der Waals surface area contributed by atoms with Gasteiger partial charge in [-0.15, -0.1) is 11.3 Å². The van der Waals surface area contributed by atoms with Crippen molar-refractivity contribution in [3.8, 4) is 11.3 Å². The van der Waals surface area contributed by atoms with E-state index in [9.17, 15) is 4.79 Å². The molecule has 0 spiro atoms. The van der Waals surface area contributed by atoms with Crippen LogP contribution in [0.15, 0.2) is 63.1 Å². The quantitative estimate of drug-likeness (QED) is 0.602. The first-order valence-electron chi connectivity index (χ1n) is 7.39. The predicted molar refractivity (Wildman–Crippen MR) is 95.8 cm³/mol. The fourth-order valence-electron chi connectivity index (χ4n) is 2.48. The summed E-state index contributed by atoms with van der Waals surface area (Å²) in [5.41, 5.74) is 3.29. The number of hydrogen-bond acceptors (Lipinski definition) is 6. The topological polar surface area (TPSA) is 68.0 Å². The van der Waals surface area contributed by atoms with Gasteiger partial charge in [0.2, 0.25) is 0 Å². The molecule has 0 radical (unpaired) electrons. The third kappa shape index (κ3) is 2.68. The molecule has 118 valence electrons. The fourth-order valence-corrected chi connectivity index (χ4v) is 3.18. The molecule has 2 aromatic carbocycles. The highest BCUT2D eigenvalue weighted by molar-refractivity contribution is 7.14. The van der Waals surface area contributed by atoms with E-state index in [2.05, 4.69) is 15.3 Å². The van der Waals surface area contributed by atoms with Crippen LogP contribution in [-0.4, -0.2) is 9.97 Å². The van der Waals surface area contributed by atoms with Crippen LogP contribution in [0.5, 0.6) is 0 Å². The number of nitrogens with one attached hydrogen (secondary N) is 1. The molecule has 4 aromatic rings. The molecule has 0 aliphatic rings. The summed E-state index contributed by atoms with van der Waals surface area (Å²) in [4.78, 5) is 20.9. The Morgan fingerprint density at radius 1 is 1.04 bits per heavy atom. The van der Waals surface area contributed by atoms with E-state index in [1.165, 1.54) is 11.3 Å². The van der Waals surface area contributed by atoms with E-state index in [1.54, 1.807) is 18.2 Å². The van der Waals surface area contributed by atoms with Gasteiger partial charge in [0.15, 0.2) is 5.13 Å². The maximum absolute atomic E-state index is 12.0. The Hall–Kier alpha value is -2.99. The zero-order valence-corrected chi connectivity index (χ0v) is 13.6. The summed E-state index contributed by atoms with van der Waals surface area (Å²) in [6.07, 6.45) is 0. The molecule has 0 aliphatic heterocycles. The summed E-state index contributed by atoms with van der Waals surface area (Å²) < 4.78 is 5.22. The Morgan fingerprint density at radius 2 is 1.83 bits per heavy atom. The molecule has 2 heterocycles. The van der Waals surface area contributed by atoms with Gasteiger partial charge in [0.1, 0.15) is 0 Å². The molecule has 4 rings (SSSR count). The van der Waals surface area contributed by atoms with Crippen molar-refractivity contribution in [3.05, 3.63) is 69.9 Å².